The Morgan fingerprint density at radius 2 is 1.80 bits per heavy atom. The van der Waals surface area contributed by atoms with Gasteiger partial charge in [0.2, 0.25) is 5.95 Å². The van der Waals surface area contributed by atoms with Gasteiger partial charge < -0.3 is 42.0 Å². The van der Waals surface area contributed by atoms with Crippen molar-refractivity contribution in [3.8, 4) is 0 Å². The number of aromatic amines is 1. The maximum Gasteiger partial charge on any atom is 0.326 e. The Kier molecular flexibility index (Phi) is 8.04. The lowest BCUT2D eigenvalue weighted by molar-refractivity contribution is -0.140. The van der Waals surface area contributed by atoms with E-state index in [0.717, 1.165) is 11.3 Å². The van der Waals surface area contributed by atoms with Crippen molar-refractivity contribution in [3.05, 3.63) is 41.6 Å². The number of carboxylic acid groups (broad SMARTS) is 2. The van der Waals surface area contributed by atoms with Crippen LogP contribution in [0.25, 0.3) is 11.0 Å². The smallest absolute Gasteiger partial charge is 0.326 e. The molecule has 0 aliphatic heterocycles. The number of fused-ring (bicyclic) bond motifs is 1. The number of nitrogens with one attached hydrogen (secondary N) is 2. The quantitative estimate of drug-likeness (QED) is 0.184. The van der Waals surface area contributed by atoms with Crippen LogP contribution >= 0.6 is 0 Å². The average Bonchev–Trinajstić information content (AvgIpc) is 3.22. The lowest BCUT2D eigenvalue weighted by Gasteiger charge is -2.24. The fourth-order valence-electron chi connectivity index (χ4n) is 3.68. The summed E-state index contributed by atoms with van der Waals surface area (Å²) in [7, 11) is 0. The minimum atomic E-state index is -1.31. The molecule has 0 radical (unpaired) electrons. The minimum absolute atomic E-state index is 0.0750. The summed E-state index contributed by atoms with van der Waals surface area (Å²) in [6, 6.07) is 5.12. The number of aromatic nitrogens is 3. The Hall–Kier alpha value is -4.39. The van der Waals surface area contributed by atoms with Gasteiger partial charge in [0.1, 0.15) is 17.5 Å². The van der Waals surface area contributed by atoms with Crippen LogP contribution in [-0.2, 0) is 16.0 Å². The van der Waals surface area contributed by atoms with E-state index in [4.69, 9.17) is 16.6 Å². The van der Waals surface area contributed by atoms with Crippen LogP contribution < -0.4 is 21.7 Å². The SMILES string of the molecule is Nc1nc(N)c2c(CCN(CCO)c3ccc(C(=O)N[C@@H](CCC(=O)O)C(=O)O)cc3)c[nH]c2n1. The van der Waals surface area contributed by atoms with Crippen molar-refractivity contribution >= 4 is 46.3 Å². The topological polar surface area (TPSA) is 221 Å². The van der Waals surface area contributed by atoms with Gasteiger partial charge in [-0.15, -0.1) is 0 Å². The number of hydrogen-bond acceptors (Lipinski definition) is 9. The van der Waals surface area contributed by atoms with E-state index in [1.807, 2.05) is 4.90 Å². The number of H-pyrrole nitrogens is 1. The lowest BCUT2D eigenvalue weighted by atomic mass is 10.1. The van der Waals surface area contributed by atoms with Gasteiger partial charge in [-0.25, -0.2) is 4.79 Å². The number of carbonyl (C=O) groups excluding carboxylic acids is 1. The predicted octanol–water partition coefficient (Wildman–Crippen LogP) is 0.212. The number of aliphatic carboxylic acids is 2. The molecule has 186 valence electrons. The molecule has 1 atom stereocenters. The fourth-order valence-corrected chi connectivity index (χ4v) is 3.68. The monoisotopic (exact) mass is 485 g/mol. The number of aliphatic hydroxyl groups is 1. The Bertz CT molecular complexity index is 1210. The zero-order valence-electron chi connectivity index (χ0n) is 18.8. The number of carbonyl (C=O) groups is 3. The summed E-state index contributed by atoms with van der Waals surface area (Å²) >= 11 is 0. The van der Waals surface area contributed by atoms with Crippen molar-refractivity contribution in [1.29, 1.82) is 0 Å². The molecule has 0 unspecified atom stereocenters. The molecular formula is C22H27N7O6. The number of nitrogen functional groups attached to an aromatic ring is 2. The predicted molar refractivity (Wildman–Crippen MR) is 128 cm³/mol. The van der Waals surface area contributed by atoms with E-state index in [-0.39, 0.29) is 36.8 Å². The Labute approximate surface area is 199 Å². The summed E-state index contributed by atoms with van der Waals surface area (Å²) in [4.78, 5) is 47.6. The standard InChI is InChI=1S/C22H27N7O6/c23-18-17-13(11-25-19(17)28-22(24)27-18)7-8-29(9-10-30)14-3-1-12(2-4-14)20(33)26-15(21(34)35)5-6-16(31)32/h1-4,11,15,30H,5-10H2,(H,26,33)(H,31,32)(H,34,35)(H5,23,24,25,27,28)/t15-/m0/s1. The molecule has 3 aromatic rings. The van der Waals surface area contributed by atoms with Crippen LogP contribution in [-0.4, -0.2) is 73.9 Å². The van der Waals surface area contributed by atoms with Crippen molar-refractivity contribution in [1.82, 2.24) is 20.3 Å². The highest BCUT2D eigenvalue weighted by Gasteiger charge is 2.22. The van der Waals surface area contributed by atoms with Crippen LogP contribution in [0.5, 0.6) is 0 Å². The first kappa shape index (κ1) is 25.2. The maximum atomic E-state index is 12.5. The Morgan fingerprint density at radius 1 is 1.09 bits per heavy atom. The van der Waals surface area contributed by atoms with Crippen LogP contribution in [0.15, 0.2) is 30.5 Å². The second kappa shape index (κ2) is 11.2. The first-order valence-electron chi connectivity index (χ1n) is 10.8. The third kappa shape index (κ3) is 6.35. The van der Waals surface area contributed by atoms with E-state index < -0.39 is 23.9 Å². The van der Waals surface area contributed by atoms with E-state index in [2.05, 4.69) is 20.3 Å². The van der Waals surface area contributed by atoms with E-state index in [1.54, 1.807) is 18.3 Å². The number of benzene rings is 1. The van der Waals surface area contributed by atoms with E-state index >= 15 is 0 Å². The molecule has 3 rings (SSSR count). The van der Waals surface area contributed by atoms with E-state index in [9.17, 15) is 24.6 Å². The lowest BCUT2D eigenvalue weighted by Crippen LogP contribution is -2.41. The summed E-state index contributed by atoms with van der Waals surface area (Å²) in [5.41, 5.74) is 14.0. The largest absolute Gasteiger partial charge is 0.481 e. The van der Waals surface area contributed by atoms with Gasteiger partial charge in [-0.2, -0.15) is 9.97 Å². The molecule has 0 spiro atoms. The molecule has 0 aliphatic carbocycles. The first-order chi connectivity index (χ1) is 16.7. The molecule has 13 heteroatoms. The van der Waals surface area contributed by atoms with Gasteiger partial charge in [-0.1, -0.05) is 0 Å². The normalized spacial score (nSPS) is 11.8. The molecule has 0 fully saturated rings. The number of nitrogens with zero attached hydrogens (tertiary/aromatic N) is 3. The molecule has 0 bridgehead atoms. The van der Waals surface area contributed by atoms with Crippen LogP contribution in [0.2, 0.25) is 0 Å². The van der Waals surface area contributed by atoms with Gasteiger partial charge in [0.25, 0.3) is 5.91 Å². The van der Waals surface area contributed by atoms with E-state index in [1.165, 1.54) is 12.1 Å². The number of carboxylic acids is 2. The summed E-state index contributed by atoms with van der Waals surface area (Å²) in [6.07, 6.45) is 1.73. The number of nitrogens with two attached hydrogens (primary N) is 2. The molecule has 1 amide bonds. The molecule has 2 aromatic heterocycles. The van der Waals surface area contributed by atoms with Gasteiger partial charge in [-0.05, 0) is 42.7 Å². The van der Waals surface area contributed by atoms with Crippen molar-refractivity contribution in [2.75, 3.05) is 36.1 Å². The highest BCUT2D eigenvalue weighted by atomic mass is 16.4. The molecule has 0 saturated carbocycles. The molecular weight excluding hydrogens is 458 g/mol. The van der Waals surface area contributed by atoms with Crippen LogP contribution in [0.1, 0.15) is 28.8 Å². The Balaban J connectivity index is 1.69. The highest BCUT2D eigenvalue weighted by Crippen LogP contribution is 2.24. The molecule has 0 aliphatic rings. The first-order valence-corrected chi connectivity index (χ1v) is 10.8. The van der Waals surface area contributed by atoms with Gasteiger partial charge in [0.05, 0.1) is 12.0 Å². The molecule has 9 N–H and O–H groups in total. The summed E-state index contributed by atoms with van der Waals surface area (Å²) in [6.45, 7) is 0.754. The van der Waals surface area contributed by atoms with Crippen molar-refractivity contribution in [2.24, 2.45) is 0 Å². The molecule has 2 heterocycles. The average molecular weight is 486 g/mol. The zero-order chi connectivity index (χ0) is 25.5. The van der Waals surface area contributed by atoms with Crippen molar-refractivity contribution in [2.45, 2.75) is 25.3 Å². The number of rotatable bonds is 12. The second-order valence-corrected chi connectivity index (χ2v) is 7.81. The van der Waals surface area contributed by atoms with Crippen LogP contribution in [0.4, 0.5) is 17.5 Å². The number of hydrogen-bond donors (Lipinski definition) is 7. The number of anilines is 3. The molecule has 1 aromatic carbocycles. The highest BCUT2D eigenvalue weighted by molar-refractivity contribution is 5.97. The van der Waals surface area contributed by atoms with Gasteiger partial charge in [0, 0.05) is 37.0 Å². The fraction of sp³-hybridized carbons (Fsp3) is 0.318. The Morgan fingerprint density at radius 3 is 2.43 bits per heavy atom. The van der Waals surface area contributed by atoms with Crippen LogP contribution in [0.3, 0.4) is 0 Å². The molecule has 0 saturated heterocycles. The van der Waals surface area contributed by atoms with Gasteiger partial charge in [0.15, 0.2) is 0 Å². The molecule has 35 heavy (non-hydrogen) atoms. The molecule has 13 nitrogen and oxygen atoms in total. The van der Waals surface area contributed by atoms with Crippen LogP contribution in [0, 0.1) is 0 Å². The van der Waals surface area contributed by atoms with Gasteiger partial charge >= 0.3 is 11.9 Å². The number of amides is 1. The summed E-state index contributed by atoms with van der Waals surface area (Å²) in [5.74, 6) is -2.74. The second-order valence-electron chi connectivity index (χ2n) is 7.81. The summed E-state index contributed by atoms with van der Waals surface area (Å²) in [5, 5.41) is 30.5. The third-order valence-corrected chi connectivity index (χ3v) is 5.42. The minimum Gasteiger partial charge on any atom is -0.481 e. The van der Waals surface area contributed by atoms with Crippen molar-refractivity contribution in [3.63, 3.8) is 0 Å². The third-order valence-electron chi connectivity index (χ3n) is 5.42. The van der Waals surface area contributed by atoms with Gasteiger partial charge in [-0.3, -0.25) is 9.59 Å². The maximum absolute atomic E-state index is 12.5. The van der Waals surface area contributed by atoms with E-state index in [0.29, 0.717) is 30.5 Å². The number of aliphatic hydroxyl groups excluding tert-OH is 1. The summed E-state index contributed by atoms with van der Waals surface area (Å²) < 4.78 is 0. The van der Waals surface area contributed by atoms with Crippen molar-refractivity contribution < 1.29 is 29.7 Å². The zero-order valence-corrected chi connectivity index (χ0v) is 18.8.